The molecule has 8 aromatic heterocycles. The number of alkyl halides is 4. The number of likely N-dealkylation sites (tertiary alicyclic amines) is 1. The van der Waals surface area contributed by atoms with Crippen LogP contribution in [0.5, 0.6) is 0 Å². The Bertz CT molecular complexity index is 3890. The lowest BCUT2D eigenvalue weighted by Crippen LogP contribution is -2.39. The number of imidazole rings is 4. The molecule has 0 bridgehead atoms. The van der Waals surface area contributed by atoms with Crippen LogP contribution in [-0.4, -0.2) is 169 Å². The van der Waals surface area contributed by atoms with Gasteiger partial charge in [-0.1, -0.05) is 24.3 Å². The third-order valence-electron chi connectivity index (χ3n) is 15.1. The number of rotatable bonds is 10. The molecule has 0 saturated carbocycles. The summed E-state index contributed by atoms with van der Waals surface area (Å²) in [5.74, 6) is -0.153. The van der Waals surface area contributed by atoms with Crippen molar-refractivity contribution in [3.8, 4) is 11.6 Å². The third-order valence-corrected chi connectivity index (χ3v) is 15.1. The maximum absolute atomic E-state index is 14.3. The number of benzene rings is 2. The Morgan fingerprint density at radius 3 is 1.41 bits per heavy atom. The molecule has 4 fully saturated rings. The van der Waals surface area contributed by atoms with Crippen LogP contribution in [0.1, 0.15) is 83.0 Å². The Balaban J connectivity index is 0.000000145. The third kappa shape index (κ3) is 11.2. The number of morpholine rings is 2. The standard InChI is InChI=1S/C28H27F2N9O2.C22H24F2N8O.C6H5NO2/c29-23(30)26-33-20-3-1-2-4-21(20)39(26)25-22-24(34-28(35-25)37-13-15-41-16-14-37)38(17-32-22)19-7-11-36(12-8-19)27(40)18-5-9-31-10-6-18;23-18(24)21-27-15-3-1-2-4-16(15)32(21)20-17-19(28-22(29-20)30-9-11-33-12-10-30)31(13-26-17)14-5-7-25-8-6-14;8-6(9)5-1-3-7-4-2-5/h1-6,9-10,17,19,23H,7-8,11-16H2;1-4,13-14,18,25H,5-12H2;1-4H,(H,8,9). The molecule has 1 amide bonds. The zero-order valence-electron chi connectivity index (χ0n) is 44.7. The van der Waals surface area contributed by atoms with E-state index in [1.807, 2.05) is 25.3 Å². The van der Waals surface area contributed by atoms with Crippen LogP contribution in [0.15, 0.2) is 110 Å². The lowest BCUT2D eigenvalue weighted by molar-refractivity contribution is 0.0687. The van der Waals surface area contributed by atoms with E-state index >= 15 is 0 Å². The first-order chi connectivity index (χ1) is 40.6. The number of nitrogens with one attached hydrogen (secondary N) is 1. The number of ether oxygens (including phenoxy) is 2. The topological polar surface area (TPSA) is 243 Å². The van der Waals surface area contributed by atoms with Crippen LogP contribution in [-0.2, 0) is 9.47 Å². The molecule has 4 aliphatic heterocycles. The second-order valence-corrected chi connectivity index (χ2v) is 20.0. The maximum Gasteiger partial charge on any atom is 0.335 e. The number of fused-ring (bicyclic) bond motifs is 4. The molecular formula is C56H56F4N18O5. The second-order valence-electron chi connectivity index (χ2n) is 20.0. The molecule has 2 aromatic carbocycles. The van der Waals surface area contributed by atoms with Crippen LogP contribution in [0.25, 0.3) is 56.0 Å². The van der Waals surface area contributed by atoms with Gasteiger partial charge in [0.05, 0.1) is 66.7 Å². The number of carboxylic acid groups (broad SMARTS) is 1. The van der Waals surface area contributed by atoms with Crippen LogP contribution in [0.2, 0.25) is 0 Å². The molecule has 27 heteroatoms. The summed E-state index contributed by atoms with van der Waals surface area (Å²) < 4.78 is 74.8. The van der Waals surface area contributed by atoms with Gasteiger partial charge in [0.2, 0.25) is 11.9 Å². The molecule has 2 N–H and O–H groups in total. The molecule has 4 saturated heterocycles. The number of aromatic carboxylic acids is 1. The largest absolute Gasteiger partial charge is 0.478 e. The first-order valence-corrected chi connectivity index (χ1v) is 27.3. The minimum Gasteiger partial charge on any atom is -0.478 e. The molecule has 14 rings (SSSR count). The number of hydrogen-bond donors (Lipinski definition) is 2. The Kier molecular flexibility index (Phi) is 15.9. The van der Waals surface area contributed by atoms with Gasteiger partial charge in [0.15, 0.2) is 45.6 Å². The highest BCUT2D eigenvalue weighted by Gasteiger charge is 2.32. The first kappa shape index (κ1) is 54.5. The van der Waals surface area contributed by atoms with E-state index in [-0.39, 0.29) is 35.2 Å². The van der Waals surface area contributed by atoms with Crippen molar-refractivity contribution in [2.24, 2.45) is 0 Å². The minimum absolute atomic E-state index is 0.0212. The zero-order chi connectivity index (χ0) is 57.0. The molecule has 0 atom stereocenters. The van der Waals surface area contributed by atoms with Gasteiger partial charge in [-0.25, -0.2) is 42.3 Å². The van der Waals surface area contributed by atoms with E-state index in [2.05, 4.69) is 39.8 Å². The average Bonchev–Trinajstić information content (AvgIpc) is 4.57. The van der Waals surface area contributed by atoms with Crippen molar-refractivity contribution in [2.75, 3.05) is 88.6 Å². The van der Waals surface area contributed by atoms with Crippen molar-refractivity contribution in [2.45, 2.75) is 50.6 Å². The number of piperidine rings is 2. The van der Waals surface area contributed by atoms with E-state index in [1.54, 1.807) is 79.6 Å². The number of hydrogen-bond acceptors (Lipinski definition) is 17. The summed E-state index contributed by atoms with van der Waals surface area (Å²) in [6.07, 6.45) is 7.32. The molecule has 428 valence electrons. The van der Waals surface area contributed by atoms with E-state index in [4.69, 9.17) is 34.5 Å². The summed E-state index contributed by atoms with van der Waals surface area (Å²) in [5.41, 5.74) is 5.05. The Hall–Kier alpha value is -9.08. The van der Waals surface area contributed by atoms with Gasteiger partial charge < -0.3 is 43.7 Å². The Morgan fingerprint density at radius 2 is 0.976 bits per heavy atom. The van der Waals surface area contributed by atoms with E-state index < -0.39 is 24.6 Å². The van der Waals surface area contributed by atoms with Gasteiger partial charge in [-0.2, -0.15) is 19.9 Å². The summed E-state index contributed by atoms with van der Waals surface area (Å²) in [4.78, 5) is 73.8. The summed E-state index contributed by atoms with van der Waals surface area (Å²) >= 11 is 0. The fraction of sp³-hybridized carbons (Fsp3) is 0.357. The van der Waals surface area contributed by atoms with Crippen molar-refractivity contribution in [1.29, 1.82) is 0 Å². The lowest BCUT2D eigenvalue weighted by Gasteiger charge is -2.33. The number of carbonyl (C=O) groups is 2. The number of pyridine rings is 2. The van der Waals surface area contributed by atoms with Crippen molar-refractivity contribution in [1.82, 2.24) is 78.3 Å². The fourth-order valence-corrected chi connectivity index (χ4v) is 10.9. The normalized spacial score (nSPS) is 16.4. The van der Waals surface area contributed by atoms with Gasteiger partial charge in [0, 0.05) is 81.7 Å². The highest BCUT2D eigenvalue weighted by molar-refractivity contribution is 5.94. The lowest BCUT2D eigenvalue weighted by atomic mass is 10.0. The maximum atomic E-state index is 14.3. The molecule has 10 aromatic rings. The molecule has 0 unspecified atom stereocenters. The highest BCUT2D eigenvalue weighted by atomic mass is 19.3. The summed E-state index contributed by atoms with van der Waals surface area (Å²) in [7, 11) is 0. The molecule has 12 heterocycles. The molecule has 4 aliphatic rings. The number of carbonyl (C=O) groups excluding carboxylic acids is 1. The van der Waals surface area contributed by atoms with E-state index in [0.717, 1.165) is 25.9 Å². The number of para-hydroxylation sites is 4. The number of aromatic nitrogens is 14. The smallest absolute Gasteiger partial charge is 0.335 e. The summed E-state index contributed by atoms with van der Waals surface area (Å²) in [6, 6.07) is 20.7. The number of halogens is 4. The first-order valence-electron chi connectivity index (χ1n) is 27.3. The SMILES string of the molecule is FC(F)c1nc2ccccc2n1-c1nc(N2CCOCC2)nc2c1ncn2C1CCNCC1.O=C(O)c1ccncc1.O=C(c1ccncc1)N1CCC(n2cnc3c(-n4c(C(F)F)nc5ccccc54)nc(N4CCOCC4)nc32)CC1. The van der Waals surface area contributed by atoms with Gasteiger partial charge in [-0.15, -0.1) is 0 Å². The van der Waals surface area contributed by atoms with E-state index in [9.17, 15) is 27.2 Å². The summed E-state index contributed by atoms with van der Waals surface area (Å²) in [6.45, 7) is 7.61. The van der Waals surface area contributed by atoms with E-state index in [0.29, 0.717) is 146 Å². The van der Waals surface area contributed by atoms with Crippen molar-refractivity contribution in [3.05, 3.63) is 133 Å². The minimum atomic E-state index is -2.82. The average molecular weight is 1140 g/mol. The zero-order valence-corrected chi connectivity index (χ0v) is 44.7. The number of nitrogens with zero attached hydrogens (tertiary/aromatic N) is 17. The van der Waals surface area contributed by atoms with Crippen molar-refractivity contribution >= 4 is 68.2 Å². The van der Waals surface area contributed by atoms with Crippen LogP contribution in [0.4, 0.5) is 29.5 Å². The second kappa shape index (κ2) is 24.2. The van der Waals surface area contributed by atoms with E-state index in [1.165, 1.54) is 33.7 Å². The molecule has 83 heavy (non-hydrogen) atoms. The molecule has 0 aliphatic carbocycles. The predicted molar refractivity (Wildman–Crippen MR) is 297 cm³/mol. The van der Waals surface area contributed by atoms with Crippen LogP contribution in [0, 0.1) is 0 Å². The highest BCUT2D eigenvalue weighted by Crippen LogP contribution is 2.36. The van der Waals surface area contributed by atoms with Crippen LogP contribution in [0.3, 0.4) is 0 Å². The van der Waals surface area contributed by atoms with Crippen LogP contribution < -0.4 is 15.1 Å². The molecular weight excluding hydrogens is 1080 g/mol. The Morgan fingerprint density at radius 1 is 0.542 bits per heavy atom. The predicted octanol–water partition coefficient (Wildman–Crippen LogP) is 7.46. The molecule has 0 radical (unpaired) electrons. The van der Waals surface area contributed by atoms with Crippen molar-refractivity contribution in [3.63, 3.8) is 0 Å². The van der Waals surface area contributed by atoms with Gasteiger partial charge >= 0.3 is 5.97 Å². The van der Waals surface area contributed by atoms with Gasteiger partial charge in [0.25, 0.3) is 18.8 Å². The number of anilines is 2. The quantitative estimate of drug-likeness (QED) is 0.126. The fourth-order valence-electron chi connectivity index (χ4n) is 10.9. The Labute approximate surface area is 470 Å². The van der Waals surface area contributed by atoms with Crippen molar-refractivity contribution < 1.29 is 41.7 Å². The monoisotopic (exact) mass is 1140 g/mol. The van der Waals surface area contributed by atoms with Crippen LogP contribution >= 0.6 is 0 Å². The summed E-state index contributed by atoms with van der Waals surface area (Å²) in [5, 5.41) is 11.7. The number of carboxylic acids is 1. The van der Waals surface area contributed by atoms with Gasteiger partial charge in [-0.05, 0) is 87.3 Å². The molecule has 0 spiro atoms. The number of amides is 1. The van der Waals surface area contributed by atoms with Gasteiger partial charge in [0.1, 0.15) is 0 Å². The molecule has 23 nitrogen and oxygen atoms in total. The van der Waals surface area contributed by atoms with Gasteiger partial charge in [-0.3, -0.25) is 23.9 Å².